The van der Waals surface area contributed by atoms with Crippen molar-refractivity contribution in [3.63, 3.8) is 0 Å². The summed E-state index contributed by atoms with van der Waals surface area (Å²) in [5.74, 6) is -0.214. The van der Waals surface area contributed by atoms with Crippen LogP contribution in [-0.4, -0.2) is 17.3 Å². The van der Waals surface area contributed by atoms with E-state index in [0.717, 1.165) is 23.7 Å². The number of benzene rings is 1. The maximum Gasteiger partial charge on any atom is 0.128 e. The van der Waals surface area contributed by atoms with Gasteiger partial charge in [-0.1, -0.05) is 22.0 Å². The molecule has 0 saturated heterocycles. The van der Waals surface area contributed by atoms with E-state index in [1.165, 1.54) is 6.07 Å². The topological polar surface area (TPSA) is 32.3 Å². The minimum atomic E-state index is -0.214. The molecule has 1 aromatic carbocycles. The predicted molar refractivity (Wildman–Crippen MR) is 64.6 cm³/mol. The average molecular weight is 288 g/mol. The van der Waals surface area contributed by atoms with Crippen molar-refractivity contribution >= 4 is 15.9 Å². The van der Waals surface area contributed by atoms with E-state index < -0.39 is 0 Å². The van der Waals surface area contributed by atoms with Crippen LogP contribution in [0.25, 0.3) is 0 Å². The Labute approximate surface area is 103 Å². The van der Waals surface area contributed by atoms with Crippen LogP contribution in [0, 0.1) is 5.82 Å². The minimum absolute atomic E-state index is 0.130. The molecule has 0 amide bonds. The van der Waals surface area contributed by atoms with Crippen LogP contribution in [0.4, 0.5) is 4.39 Å². The van der Waals surface area contributed by atoms with Crippen LogP contribution in [0.2, 0.25) is 0 Å². The first-order valence-electron chi connectivity index (χ1n) is 5.45. The molecular weight excluding hydrogens is 273 g/mol. The normalized spacial score (nSPS) is 18.2. The lowest BCUT2D eigenvalue weighted by molar-refractivity contribution is 0.0869. The van der Waals surface area contributed by atoms with Crippen molar-refractivity contribution in [3.8, 4) is 0 Å². The van der Waals surface area contributed by atoms with E-state index in [1.54, 1.807) is 6.07 Å². The first-order valence-corrected chi connectivity index (χ1v) is 6.24. The smallest absolute Gasteiger partial charge is 0.128 e. The summed E-state index contributed by atoms with van der Waals surface area (Å²) in [5, 5.41) is 12.5. The Bertz CT molecular complexity index is 374. The van der Waals surface area contributed by atoms with Gasteiger partial charge in [-0.05, 0) is 31.4 Å². The van der Waals surface area contributed by atoms with Crippen LogP contribution >= 0.6 is 15.9 Å². The molecule has 0 atom stereocenters. The summed E-state index contributed by atoms with van der Waals surface area (Å²) in [7, 11) is 0. The number of aliphatic hydroxyl groups excluding tert-OH is 1. The highest BCUT2D eigenvalue weighted by Gasteiger charge is 2.35. The summed E-state index contributed by atoms with van der Waals surface area (Å²) in [6.07, 6.45) is 3.08. The molecule has 1 aromatic rings. The zero-order valence-electron chi connectivity index (χ0n) is 8.97. The molecule has 4 heteroatoms. The largest absolute Gasteiger partial charge is 0.394 e. The second-order valence-corrected chi connectivity index (χ2v) is 5.30. The molecule has 0 radical (unpaired) electrons. The molecule has 1 fully saturated rings. The summed E-state index contributed by atoms with van der Waals surface area (Å²) in [4.78, 5) is 0. The molecule has 88 valence electrons. The van der Waals surface area contributed by atoms with Crippen molar-refractivity contribution < 1.29 is 9.50 Å². The second kappa shape index (κ2) is 4.82. The van der Waals surface area contributed by atoms with Gasteiger partial charge in [0, 0.05) is 22.1 Å². The van der Waals surface area contributed by atoms with Crippen molar-refractivity contribution in [2.75, 3.05) is 6.61 Å². The third-order valence-electron chi connectivity index (χ3n) is 3.28. The number of nitrogens with one attached hydrogen (secondary N) is 1. The fourth-order valence-electron chi connectivity index (χ4n) is 1.94. The Hall–Kier alpha value is -0.450. The maximum absolute atomic E-state index is 13.5. The third-order valence-corrected chi connectivity index (χ3v) is 3.78. The van der Waals surface area contributed by atoms with E-state index in [9.17, 15) is 9.50 Å². The molecule has 0 spiro atoms. The number of rotatable bonds is 4. The Morgan fingerprint density at radius 2 is 2.19 bits per heavy atom. The zero-order chi connectivity index (χ0) is 11.6. The highest BCUT2D eigenvalue weighted by Crippen LogP contribution is 2.31. The zero-order valence-corrected chi connectivity index (χ0v) is 10.6. The van der Waals surface area contributed by atoms with Gasteiger partial charge in [-0.3, -0.25) is 0 Å². The number of aliphatic hydroxyl groups is 1. The molecule has 0 bridgehead atoms. The fraction of sp³-hybridized carbons (Fsp3) is 0.500. The van der Waals surface area contributed by atoms with Gasteiger partial charge in [0.1, 0.15) is 5.82 Å². The van der Waals surface area contributed by atoms with Gasteiger partial charge in [-0.2, -0.15) is 0 Å². The van der Waals surface area contributed by atoms with E-state index in [2.05, 4.69) is 21.2 Å². The quantitative estimate of drug-likeness (QED) is 0.892. The Morgan fingerprint density at radius 3 is 2.69 bits per heavy atom. The Kier molecular flexibility index (Phi) is 3.62. The summed E-state index contributed by atoms with van der Waals surface area (Å²) in [5.41, 5.74) is 0.474. The monoisotopic (exact) mass is 287 g/mol. The molecule has 0 aromatic heterocycles. The molecule has 0 unspecified atom stereocenters. The lowest BCUT2D eigenvalue weighted by Crippen LogP contribution is -2.53. The van der Waals surface area contributed by atoms with Crippen molar-refractivity contribution in [2.24, 2.45) is 0 Å². The van der Waals surface area contributed by atoms with Gasteiger partial charge in [0.25, 0.3) is 0 Å². The van der Waals surface area contributed by atoms with Gasteiger partial charge in [0.05, 0.1) is 6.61 Å². The van der Waals surface area contributed by atoms with Crippen LogP contribution in [0.15, 0.2) is 22.7 Å². The summed E-state index contributed by atoms with van der Waals surface area (Å²) in [6, 6.07) is 5.05. The second-order valence-electron chi connectivity index (χ2n) is 4.38. The average Bonchev–Trinajstić information content (AvgIpc) is 2.19. The first-order chi connectivity index (χ1) is 7.65. The van der Waals surface area contributed by atoms with Gasteiger partial charge in [-0.15, -0.1) is 0 Å². The third kappa shape index (κ3) is 2.44. The Balaban J connectivity index is 1.99. The standard InChI is InChI=1S/C12H15BrFNO/c13-10-3-2-9(11(14)6-10)7-15-12(8-16)4-1-5-12/h2-3,6,15-16H,1,4-5,7-8H2. The number of hydrogen-bond donors (Lipinski definition) is 2. The van der Waals surface area contributed by atoms with Crippen molar-refractivity contribution in [2.45, 2.75) is 31.3 Å². The summed E-state index contributed by atoms with van der Waals surface area (Å²) < 4.78 is 14.3. The van der Waals surface area contributed by atoms with Crippen LogP contribution in [0.3, 0.4) is 0 Å². The molecule has 2 rings (SSSR count). The number of hydrogen-bond acceptors (Lipinski definition) is 2. The fourth-order valence-corrected chi connectivity index (χ4v) is 2.28. The summed E-state index contributed by atoms with van der Waals surface area (Å²) in [6.45, 7) is 0.602. The van der Waals surface area contributed by atoms with Gasteiger partial charge in [-0.25, -0.2) is 4.39 Å². The van der Waals surface area contributed by atoms with Crippen LogP contribution in [0.1, 0.15) is 24.8 Å². The molecule has 16 heavy (non-hydrogen) atoms. The van der Waals surface area contributed by atoms with Crippen molar-refractivity contribution in [1.82, 2.24) is 5.32 Å². The van der Waals surface area contributed by atoms with E-state index in [0.29, 0.717) is 12.1 Å². The maximum atomic E-state index is 13.5. The van der Waals surface area contributed by atoms with Gasteiger partial charge >= 0.3 is 0 Å². The van der Waals surface area contributed by atoms with E-state index in [-0.39, 0.29) is 18.0 Å². The molecule has 1 saturated carbocycles. The summed E-state index contributed by atoms with van der Waals surface area (Å²) >= 11 is 3.22. The van der Waals surface area contributed by atoms with Gasteiger partial charge in [0.15, 0.2) is 0 Å². The predicted octanol–water partition coefficient (Wildman–Crippen LogP) is 2.59. The van der Waals surface area contributed by atoms with E-state index >= 15 is 0 Å². The van der Waals surface area contributed by atoms with Crippen molar-refractivity contribution in [1.29, 1.82) is 0 Å². The SMILES string of the molecule is OCC1(NCc2ccc(Br)cc2F)CCC1. The van der Waals surface area contributed by atoms with Gasteiger partial charge < -0.3 is 10.4 Å². The van der Waals surface area contributed by atoms with Crippen molar-refractivity contribution in [3.05, 3.63) is 34.1 Å². The first kappa shape index (κ1) is 12.0. The number of halogens is 2. The molecule has 1 aliphatic carbocycles. The van der Waals surface area contributed by atoms with E-state index in [1.807, 2.05) is 6.07 Å². The van der Waals surface area contributed by atoms with Crippen LogP contribution < -0.4 is 5.32 Å². The molecule has 0 heterocycles. The molecule has 0 aliphatic heterocycles. The highest BCUT2D eigenvalue weighted by atomic mass is 79.9. The highest BCUT2D eigenvalue weighted by molar-refractivity contribution is 9.10. The van der Waals surface area contributed by atoms with Crippen LogP contribution in [-0.2, 0) is 6.54 Å². The van der Waals surface area contributed by atoms with E-state index in [4.69, 9.17) is 0 Å². The molecule has 1 aliphatic rings. The molecule has 2 nitrogen and oxygen atoms in total. The molecular formula is C12H15BrFNO. The van der Waals surface area contributed by atoms with Crippen LogP contribution in [0.5, 0.6) is 0 Å². The molecule has 2 N–H and O–H groups in total. The minimum Gasteiger partial charge on any atom is -0.394 e. The van der Waals surface area contributed by atoms with Gasteiger partial charge in [0.2, 0.25) is 0 Å². The lowest BCUT2D eigenvalue weighted by atomic mass is 9.77. The lowest BCUT2D eigenvalue weighted by Gasteiger charge is -2.41. The Morgan fingerprint density at radius 1 is 1.44 bits per heavy atom.